The van der Waals surface area contributed by atoms with Crippen LogP contribution in [0.2, 0.25) is 0 Å². The first-order valence-electron chi connectivity index (χ1n) is 4.22. The van der Waals surface area contributed by atoms with Crippen LogP contribution in [0, 0.1) is 5.82 Å². The minimum atomic E-state index is -0.653. The molecule has 6 heteroatoms. The van der Waals surface area contributed by atoms with E-state index in [4.69, 9.17) is 16.2 Å². The molecular weight excluding hydrogens is 235 g/mol. The molecule has 0 radical (unpaired) electrons. The summed E-state index contributed by atoms with van der Waals surface area (Å²) in [7, 11) is 0. The number of hydrogen-bond acceptors (Lipinski definition) is 4. The van der Waals surface area contributed by atoms with Crippen molar-refractivity contribution in [1.82, 2.24) is 0 Å². The van der Waals surface area contributed by atoms with Gasteiger partial charge in [-0.25, -0.2) is 9.18 Å². The Balaban J connectivity index is 0.00000225. The van der Waals surface area contributed by atoms with Gasteiger partial charge in [0.05, 0.1) is 6.08 Å². The third kappa shape index (κ3) is 5.21. The second-order valence-electron chi connectivity index (χ2n) is 2.88. The van der Waals surface area contributed by atoms with Gasteiger partial charge in [-0.05, 0) is 17.7 Å². The van der Waals surface area contributed by atoms with Gasteiger partial charge in [-0.15, -0.1) is 12.4 Å². The number of hydrogen-bond donors (Lipinski definition) is 2. The summed E-state index contributed by atoms with van der Waals surface area (Å²) in [5.41, 5.74) is 10.7. The van der Waals surface area contributed by atoms with Crippen LogP contribution in [0.4, 0.5) is 4.39 Å². The van der Waals surface area contributed by atoms with Gasteiger partial charge in [0.25, 0.3) is 0 Å². The van der Waals surface area contributed by atoms with Crippen molar-refractivity contribution in [2.24, 2.45) is 11.5 Å². The van der Waals surface area contributed by atoms with Crippen molar-refractivity contribution in [3.05, 3.63) is 47.5 Å². The molecule has 0 aliphatic rings. The molecule has 0 amide bonds. The topological polar surface area (TPSA) is 78.3 Å². The molecule has 0 aliphatic carbocycles. The Kier molecular flexibility index (Phi) is 5.95. The Morgan fingerprint density at radius 2 is 2.12 bits per heavy atom. The Morgan fingerprint density at radius 1 is 1.44 bits per heavy atom. The molecule has 0 fully saturated rings. The van der Waals surface area contributed by atoms with E-state index in [0.29, 0.717) is 5.56 Å². The number of carbonyl (C=O) groups excluding carboxylic acids is 1. The van der Waals surface area contributed by atoms with Crippen LogP contribution in [-0.4, -0.2) is 5.97 Å². The molecule has 0 aliphatic heterocycles. The Bertz CT molecular complexity index is 392. The molecule has 1 aromatic rings. The Labute approximate surface area is 98.5 Å². The predicted molar refractivity (Wildman–Crippen MR) is 59.9 cm³/mol. The summed E-state index contributed by atoms with van der Waals surface area (Å²) in [6, 6.07) is 5.77. The quantitative estimate of drug-likeness (QED) is 0.617. The van der Waals surface area contributed by atoms with Crippen LogP contribution in [0.1, 0.15) is 5.56 Å². The molecule has 0 atom stereocenters. The highest BCUT2D eigenvalue weighted by atomic mass is 35.5. The molecule has 0 heterocycles. The van der Waals surface area contributed by atoms with Gasteiger partial charge in [0.1, 0.15) is 18.2 Å². The molecule has 1 rings (SSSR count). The van der Waals surface area contributed by atoms with Crippen LogP contribution < -0.4 is 11.5 Å². The van der Waals surface area contributed by atoms with Crippen LogP contribution in [-0.2, 0) is 16.1 Å². The monoisotopic (exact) mass is 246 g/mol. The molecule has 0 saturated heterocycles. The standard InChI is InChI=1S/C10H11FN2O2.ClH/c11-8-3-1-2-7(4-8)6-15-10(14)5-9(12)13;/h1-5H,6,12-13H2;1H. The van der Waals surface area contributed by atoms with E-state index in [1.807, 2.05) is 0 Å². The van der Waals surface area contributed by atoms with Crippen LogP contribution in [0.25, 0.3) is 0 Å². The highest BCUT2D eigenvalue weighted by Gasteiger charge is 2.00. The second-order valence-corrected chi connectivity index (χ2v) is 2.88. The number of halogens is 2. The maximum Gasteiger partial charge on any atom is 0.334 e. The third-order valence-corrected chi connectivity index (χ3v) is 1.55. The van der Waals surface area contributed by atoms with Gasteiger partial charge in [-0.1, -0.05) is 12.1 Å². The van der Waals surface area contributed by atoms with Crippen LogP contribution >= 0.6 is 12.4 Å². The van der Waals surface area contributed by atoms with E-state index in [9.17, 15) is 9.18 Å². The molecule has 16 heavy (non-hydrogen) atoms. The molecule has 0 aromatic heterocycles. The number of benzene rings is 1. The van der Waals surface area contributed by atoms with Crippen molar-refractivity contribution in [2.45, 2.75) is 6.61 Å². The molecule has 4 N–H and O–H groups in total. The lowest BCUT2D eigenvalue weighted by Gasteiger charge is -2.02. The van der Waals surface area contributed by atoms with Crippen molar-refractivity contribution in [2.75, 3.05) is 0 Å². The highest BCUT2D eigenvalue weighted by molar-refractivity contribution is 5.85. The van der Waals surface area contributed by atoms with Crippen molar-refractivity contribution >= 4 is 18.4 Å². The maximum atomic E-state index is 12.7. The van der Waals surface area contributed by atoms with E-state index in [-0.39, 0.29) is 30.7 Å². The van der Waals surface area contributed by atoms with Gasteiger partial charge in [-0.3, -0.25) is 0 Å². The van der Waals surface area contributed by atoms with Crippen LogP contribution in [0.15, 0.2) is 36.2 Å². The maximum absolute atomic E-state index is 12.7. The highest BCUT2D eigenvalue weighted by Crippen LogP contribution is 2.05. The van der Waals surface area contributed by atoms with Gasteiger partial charge in [-0.2, -0.15) is 0 Å². The molecule has 4 nitrogen and oxygen atoms in total. The number of nitrogens with two attached hydrogens (primary N) is 2. The fourth-order valence-electron chi connectivity index (χ4n) is 0.959. The first-order valence-corrected chi connectivity index (χ1v) is 4.22. The molecule has 0 saturated carbocycles. The SMILES string of the molecule is Cl.NC(N)=CC(=O)OCc1cccc(F)c1. The molecule has 1 aromatic carbocycles. The van der Waals surface area contributed by atoms with Crippen LogP contribution in [0.3, 0.4) is 0 Å². The number of carbonyl (C=O) groups is 1. The Morgan fingerprint density at radius 3 is 2.69 bits per heavy atom. The number of rotatable bonds is 3. The molecule has 0 spiro atoms. The summed E-state index contributed by atoms with van der Waals surface area (Å²) < 4.78 is 17.5. The summed E-state index contributed by atoms with van der Waals surface area (Å²) in [6.45, 7) is -0.0135. The van der Waals surface area contributed by atoms with E-state index >= 15 is 0 Å². The number of esters is 1. The second kappa shape index (κ2) is 6.68. The van der Waals surface area contributed by atoms with E-state index in [1.54, 1.807) is 6.07 Å². The van der Waals surface area contributed by atoms with Gasteiger partial charge >= 0.3 is 5.97 Å². The van der Waals surface area contributed by atoms with Crippen molar-refractivity contribution in [3.8, 4) is 0 Å². The summed E-state index contributed by atoms with van der Waals surface area (Å²) in [6.07, 6.45) is 0.958. The minimum Gasteiger partial charge on any atom is -0.458 e. The lowest BCUT2D eigenvalue weighted by atomic mass is 10.2. The summed E-state index contributed by atoms with van der Waals surface area (Å²) in [4.78, 5) is 11.0. The minimum absolute atomic E-state index is 0. The zero-order chi connectivity index (χ0) is 11.3. The van der Waals surface area contributed by atoms with E-state index in [2.05, 4.69) is 0 Å². The zero-order valence-electron chi connectivity index (χ0n) is 8.35. The lowest BCUT2D eigenvalue weighted by Crippen LogP contribution is -2.12. The van der Waals surface area contributed by atoms with Crippen LogP contribution in [0.5, 0.6) is 0 Å². The third-order valence-electron chi connectivity index (χ3n) is 1.55. The summed E-state index contributed by atoms with van der Waals surface area (Å²) >= 11 is 0. The van der Waals surface area contributed by atoms with E-state index < -0.39 is 5.97 Å². The first-order chi connectivity index (χ1) is 7.08. The molecule has 88 valence electrons. The van der Waals surface area contributed by atoms with Gasteiger partial charge in [0.2, 0.25) is 0 Å². The smallest absolute Gasteiger partial charge is 0.334 e. The van der Waals surface area contributed by atoms with Crippen molar-refractivity contribution in [3.63, 3.8) is 0 Å². The largest absolute Gasteiger partial charge is 0.458 e. The molecular formula is C10H12ClFN2O2. The van der Waals surface area contributed by atoms with Gasteiger partial charge < -0.3 is 16.2 Å². The summed E-state index contributed by atoms with van der Waals surface area (Å²) in [5.74, 6) is -1.16. The van der Waals surface area contributed by atoms with E-state index in [0.717, 1.165) is 6.08 Å². The normalized spacial score (nSPS) is 8.81. The fraction of sp³-hybridized carbons (Fsp3) is 0.100. The van der Waals surface area contributed by atoms with Crippen molar-refractivity contribution < 1.29 is 13.9 Å². The van der Waals surface area contributed by atoms with Crippen molar-refractivity contribution in [1.29, 1.82) is 0 Å². The van der Waals surface area contributed by atoms with E-state index in [1.165, 1.54) is 18.2 Å². The average molecular weight is 247 g/mol. The zero-order valence-corrected chi connectivity index (χ0v) is 9.17. The Hall–Kier alpha value is -1.75. The summed E-state index contributed by atoms with van der Waals surface area (Å²) in [5, 5.41) is 0. The fourth-order valence-corrected chi connectivity index (χ4v) is 0.959. The number of ether oxygens (including phenoxy) is 1. The van der Waals surface area contributed by atoms with Gasteiger partial charge in [0.15, 0.2) is 0 Å². The first kappa shape index (κ1) is 14.2. The molecule has 0 bridgehead atoms. The van der Waals surface area contributed by atoms with Gasteiger partial charge in [0, 0.05) is 0 Å². The average Bonchev–Trinajstić information content (AvgIpc) is 2.14. The molecule has 0 unspecified atom stereocenters. The predicted octanol–water partition coefficient (Wildman–Crippen LogP) is 1.05. The lowest BCUT2D eigenvalue weighted by molar-refractivity contribution is -0.139.